The van der Waals surface area contributed by atoms with E-state index in [0.29, 0.717) is 24.6 Å². The van der Waals surface area contributed by atoms with Gasteiger partial charge in [-0.25, -0.2) is 8.42 Å². The third kappa shape index (κ3) is 5.31. The monoisotopic (exact) mass is 406 g/mol. The van der Waals surface area contributed by atoms with Gasteiger partial charge in [-0.3, -0.25) is 4.79 Å². The summed E-state index contributed by atoms with van der Waals surface area (Å²) in [7, 11) is -2.26. The minimum absolute atomic E-state index is 0.0835. The summed E-state index contributed by atoms with van der Waals surface area (Å²) < 4.78 is 37.7. The van der Waals surface area contributed by atoms with Crippen LogP contribution in [0.2, 0.25) is 0 Å². The summed E-state index contributed by atoms with van der Waals surface area (Å²) in [4.78, 5) is 12.1. The van der Waals surface area contributed by atoms with E-state index in [0.717, 1.165) is 5.56 Å². The highest BCUT2D eigenvalue weighted by Crippen LogP contribution is 2.33. The molecule has 0 heterocycles. The number of amides is 1. The molecule has 0 atom stereocenters. The molecule has 0 aliphatic rings. The van der Waals surface area contributed by atoms with Gasteiger partial charge < -0.3 is 14.8 Å². The third-order valence-electron chi connectivity index (χ3n) is 4.09. The van der Waals surface area contributed by atoms with Crippen LogP contribution in [0.4, 0.5) is 5.69 Å². The van der Waals surface area contributed by atoms with Gasteiger partial charge in [0, 0.05) is 20.2 Å². The molecule has 2 aromatic carbocycles. The lowest BCUT2D eigenvalue weighted by atomic mass is 10.2. The zero-order valence-electron chi connectivity index (χ0n) is 16.6. The smallest absolute Gasteiger partial charge is 0.250 e. The van der Waals surface area contributed by atoms with Crippen LogP contribution in [-0.2, 0) is 19.6 Å². The molecule has 0 fully saturated rings. The number of benzene rings is 2. The van der Waals surface area contributed by atoms with Crippen LogP contribution in [0.1, 0.15) is 19.4 Å². The van der Waals surface area contributed by atoms with Crippen LogP contribution in [0, 0.1) is 6.92 Å². The van der Waals surface area contributed by atoms with Crippen molar-refractivity contribution < 1.29 is 22.7 Å². The summed E-state index contributed by atoms with van der Waals surface area (Å²) in [5.74, 6) is 0.507. The van der Waals surface area contributed by atoms with Crippen molar-refractivity contribution in [3.63, 3.8) is 0 Å². The molecule has 0 aliphatic heterocycles. The predicted octanol–water partition coefficient (Wildman–Crippen LogP) is 3.40. The second-order valence-corrected chi connectivity index (χ2v) is 8.08. The summed E-state index contributed by atoms with van der Waals surface area (Å²) in [5.41, 5.74) is 1.34. The lowest BCUT2D eigenvalue weighted by Gasteiger charge is -2.20. The van der Waals surface area contributed by atoms with E-state index in [4.69, 9.17) is 9.47 Å². The Labute approximate surface area is 166 Å². The molecular weight excluding hydrogens is 380 g/mol. The number of aryl methyl sites for hydroxylation is 1. The van der Waals surface area contributed by atoms with Crippen LogP contribution in [0.25, 0.3) is 0 Å². The minimum atomic E-state index is -3.67. The van der Waals surface area contributed by atoms with Crippen LogP contribution in [0.3, 0.4) is 0 Å². The number of anilines is 1. The summed E-state index contributed by atoms with van der Waals surface area (Å²) in [5, 5.41) is 2.66. The zero-order chi connectivity index (χ0) is 20.7. The Hall–Kier alpha value is -2.42. The van der Waals surface area contributed by atoms with E-state index < -0.39 is 15.9 Å². The molecule has 1 N–H and O–H groups in total. The molecule has 28 heavy (non-hydrogen) atoms. The number of carbonyl (C=O) groups excluding carboxylic acids is 1. The Balaban J connectivity index is 2.44. The van der Waals surface area contributed by atoms with E-state index in [9.17, 15) is 13.2 Å². The number of methoxy groups -OCH3 is 1. The molecule has 0 spiro atoms. The van der Waals surface area contributed by atoms with Crippen molar-refractivity contribution in [1.29, 1.82) is 0 Å². The molecule has 2 aromatic rings. The maximum absolute atomic E-state index is 12.8. The van der Waals surface area contributed by atoms with Gasteiger partial charge in [-0.2, -0.15) is 4.31 Å². The van der Waals surface area contributed by atoms with Crippen molar-refractivity contribution in [2.75, 3.05) is 32.1 Å². The lowest BCUT2D eigenvalue weighted by molar-refractivity contribution is -0.119. The zero-order valence-corrected chi connectivity index (χ0v) is 17.4. The van der Waals surface area contributed by atoms with Gasteiger partial charge in [-0.1, -0.05) is 31.5 Å². The van der Waals surface area contributed by atoms with Crippen molar-refractivity contribution in [3.8, 4) is 11.5 Å². The first-order valence-corrected chi connectivity index (χ1v) is 10.4. The van der Waals surface area contributed by atoms with Crippen LogP contribution in [0.5, 0.6) is 11.5 Å². The van der Waals surface area contributed by atoms with Gasteiger partial charge in [0.15, 0.2) is 5.75 Å². The van der Waals surface area contributed by atoms with E-state index in [2.05, 4.69) is 5.32 Å². The van der Waals surface area contributed by atoms with E-state index >= 15 is 0 Å². The topological polar surface area (TPSA) is 84.9 Å². The fourth-order valence-corrected chi connectivity index (χ4v) is 4.10. The van der Waals surface area contributed by atoms with Gasteiger partial charge in [-0.15, -0.1) is 0 Å². The maximum Gasteiger partial charge on any atom is 0.250 e. The molecule has 7 nitrogen and oxygen atoms in total. The van der Waals surface area contributed by atoms with Crippen molar-refractivity contribution >= 4 is 21.6 Å². The first-order chi connectivity index (χ1) is 13.3. The number of rotatable bonds is 9. The second-order valence-electron chi connectivity index (χ2n) is 6.14. The summed E-state index contributed by atoms with van der Waals surface area (Å²) >= 11 is 0. The molecule has 2 rings (SSSR count). The average Bonchev–Trinajstić information content (AvgIpc) is 2.65. The highest BCUT2D eigenvalue weighted by atomic mass is 32.2. The molecular formula is C20H26N2O5S. The Morgan fingerprint density at radius 1 is 1.07 bits per heavy atom. The molecule has 0 unspecified atom stereocenters. The van der Waals surface area contributed by atoms with Gasteiger partial charge in [0.1, 0.15) is 12.4 Å². The van der Waals surface area contributed by atoms with Crippen molar-refractivity contribution in [1.82, 2.24) is 4.31 Å². The molecule has 0 saturated heterocycles. The molecule has 0 aliphatic carbocycles. The van der Waals surface area contributed by atoms with Gasteiger partial charge >= 0.3 is 0 Å². The van der Waals surface area contributed by atoms with Gasteiger partial charge in [0.25, 0.3) is 0 Å². The number of hydrogen-bond acceptors (Lipinski definition) is 5. The quantitative estimate of drug-likeness (QED) is 0.690. The molecule has 1 amide bonds. The van der Waals surface area contributed by atoms with Crippen molar-refractivity contribution in [3.05, 3.63) is 48.0 Å². The highest BCUT2D eigenvalue weighted by molar-refractivity contribution is 7.89. The summed E-state index contributed by atoms with van der Waals surface area (Å²) in [6.07, 6.45) is 0. The van der Waals surface area contributed by atoms with Crippen molar-refractivity contribution in [2.45, 2.75) is 25.7 Å². The Morgan fingerprint density at radius 3 is 2.29 bits per heavy atom. The van der Waals surface area contributed by atoms with Gasteiger partial charge in [-0.05, 0) is 37.3 Å². The van der Waals surface area contributed by atoms with Gasteiger partial charge in [0.2, 0.25) is 15.9 Å². The van der Waals surface area contributed by atoms with E-state index in [1.54, 1.807) is 32.0 Å². The number of nitrogens with zero attached hydrogens (tertiary/aromatic N) is 1. The maximum atomic E-state index is 12.8. The third-order valence-corrected chi connectivity index (χ3v) is 6.14. The van der Waals surface area contributed by atoms with Crippen LogP contribution >= 0.6 is 0 Å². The standard InChI is InChI=1S/C20H26N2O5S/c1-5-22(6-2)28(24,25)17-11-12-19(18(13-17)21-20(23)14-26-4)27-16-9-7-15(3)8-10-16/h7-13H,5-6,14H2,1-4H3,(H,21,23). The number of sulfonamides is 1. The lowest BCUT2D eigenvalue weighted by Crippen LogP contribution is -2.30. The first kappa shape index (κ1) is 21.9. The highest BCUT2D eigenvalue weighted by Gasteiger charge is 2.23. The predicted molar refractivity (Wildman–Crippen MR) is 108 cm³/mol. The normalized spacial score (nSPS) is 11.5. The largest absolute Gasteiger partial charge is 0.455 e. The molecule has 0 saturated carbocycles. The van der Waals surface area contributed by atoms with Gasteiger partial charge in [0.05, 0.1) is 10.6 Å². The fraction of sp³-hybridized carbons (Fsp3) is 0.350. The molecule has 152 valence electrons. The number of hydrogen-bond donors (Lipinski definition) is 1. The second kappa shape index (κ2) is 9.68. The Kier molecular flexibility index (Phi) is 7.56. The molecule has 0 bridgehead atoms. The molecule has 8 heteroatoms. The Bertz CT molecular complexity index is 907. The first-order valence-electron chi connectivity index (χ1n) is 8.99. The number of ether oxygens (including phenoxy) is 2. The van der Waals surface area contributed by atoms with Crippen molar-refractivity contribution in [2.24, 2.45) is 0 Å². The Morgan fingerprint density at radius 2 is 1.71 bits per heavy atom. The van der Waals surface area contributed by atoms with E-state index in [1.165, 1.54) is 23.5 Å². The average molecular weight is 407 g/mol. The fourth-order valence-electron chi connectivity index (χ4n) is 2.62. The summed E-state index contributed by atoms with van der Waals surface area (Å²) in [6.45, 7) is 6.07. The molecule has 0 aromatic heterocycles. The van der Waals surface area contributed by atoms with Crippen LogP contribution in [0.15, 0.2) is 47.4 Å². The number of carbonyl (C=O) groups is 1. The minimum Gasteiger partial charge on any atom is -0.455 e. The van der Waals surface area contributed by atoms with Crippen LogP contribution < -0.4 is 10.1 Å². The van der Waals surface area contributed by atoms with E-state index in [-0.39, 0.29) is 17.2 Å². The SMILES string of the molecule is CCN(CC)S(=O)(=O)c1ccc(Oc2ccc(C)cc2)c(NC(=O)COC)c1. The molecule has 0 radical (unpaired) electrons. The van der Waals surface area contributed by atoms with E-state index in [1.807, 2.05) is 19.1 Å². The van der Waals surface area contributed by atoms with Crippen LogP contribution in [-0.4, -0.2) is 45.4 Å². The number of nitrogens with one attached hydrogen (secondary N) is 1. The summed E-state index contributed by atoms with van der Waals surface area (Å²) in [6, 6.07) is 11.8.